The monoisotopic (exact) mass is 306 g/mol. The summed E-state index contributed by atoms with van der Waals surface area (Å²) >= 11 is 0. The number of ether oxygens (including phenoxy) is 3. The quantitative estimate of drug-likeness (QED) is 0.488. The summed E-state index contributed by atoms with van der Waals surface area (Å²) in [5, 5.41) is 0.651. The lowest BCUT2D eigenvalue weighted by Gasteiger charge is -2.25. The van der Waals surface area contributed by atoms with Crippen LogP contribution in [0.1, 0.15) is 18.1 Å². The first-order valence-corrected chi connectivity index (χ1v) is 10.4. The van der Waals surface area contributed by atoms with E-state index >= 15 is 0 Å². The van der Waals surface area contributed by atoms with E-state index in [0.29, 0.717) is 11.0 Å². The smallest absolute Gasteiger partial charge is 0.333 e. The second-order valence-corrected chi connectivity index (χ2v) is 11.2. The van der Waals surface area contributed by atoms with Crippen molar-refractivity contribution in [2.24, 2.45) is 0 Å². The number of fused-ring (bicyclic) bond motifs is 1. The summed E-state index contributed by atoms with van der Waals surface area (Å²) in [6.45, 7) is 8.15. The van der Waals surface area contributed by atoms with Gasteiger partial charge >= 0.3 is 5.97 Å². The highest BCUT2D eigenvalue weighted by molar-refractivity contribution is 6.88. The molecular weight excluding hydrogens is 284 g/mol. The fraction of sp³-hybridized carbons (Fsp3) is 0.438. The van der Waals surface area contributed by atoms with Gasteiger partial charge in [0.05, 0.1) is 20.4 Å². The molecular formula is C16H22O4Si. The normalized spacial score (nSPS) is 23.3. The summed E-state index contributed by atoms with van der Waals surface area (Å²) in [6, 6.07) is 7.79. The predicted octanol–water partition coefficient (Wildman–Crippen LogP) is 3.30. The number of carbonyl (C=O) groups is 1. The Morgan fingerprint density at radius 1 is 1.19 bits per heavy atom. The number of methoxy groups -OCH3 is 2. The van der Waals surface area contributed by atoms with Crippen molar-refractivity contribution in [2.45, 2.75) is 32.4 Å². The molecule has 0 spiro atoms. The first-order chi connectivity index (χ1) is 9.74. The van der Waals surface area contributed by atoms with E-state index in [-0.39, 0.29) is 5.97 Å². The summed E-state index contributed by atoms with van der Waals surface area (Å²) in [6.07, 6.45) is 0. The molecule has 1 aromatic carbocycles. The molecule has 21 heavy (non-hydrogen) atoms. The molecule has 0 saturated carbocycles. The third-order valence-electron chi connectivity index (χ3n) is 3.71. The minimum absolute atomic E-state index is 0.320. The average molecular weight is 306 g/mol. The first kappa shape index (κ1) is 15.8. The van der Waals surface area contributed by atoms with Crippen molar-refractivity contribution in [3.63, 3.8) is 0 Å². The van der Waals surface area contributed by atoms with Gasteiger partial charge < -0.3 is 14.2 Å². The summed E-state index contributed by atoms with van der Waals surface area (Å²) in [4.78, 5) is 12.3. The van der Waals surface area contributed by atoms with Crippen molar-refractivity contribution in [3.8, 4) is 0 Å². The maximum absolute atomic E-state index is 12.3. The van der Waals surface area contributed by atoms with E-state index in [0.717, 1.165) is 11.1 Å². The Hall–Kier alpha value is -1.59. The van der Waals surface area contributed by atoms with Gasteiger partial charge in [0.2, 0.25) is 5.79 Å². The van der Waals surface area contributed by atoms with E-state index in [2.05, 4.69) is 19.6 Å². The van der Waals surface area contributed by atoms with Gasteiger partial charge in [-0.3, -0.25) is 0 Å². The molecule has 4 nitrogen and oxygen atoms in total. The Morgan fingerprint density at radius 3 is 2.33 bits per heavy atom. The van der Waals surface area contributed by atoms with Crippen molar-refractivity contribution in [1.29, 1.82) is 0 Å². The second-order valence-electron chi connectivity index (χ2n) is 6.24. The highest BCUT2D eigenvalue weighted by Gasteiger charge is 2.44. The highest BCUT2D eigenvalue weighted by atomic mass is 28.3. The molecule has 0 aliphatic carbocycles. The van der Waals surface area contributed by atoms with Gasteiger partial charge in [0.15, 0.2) is 0 Å². The van der Waals surface area contributed by atoms with Crippen molar-refractivity contribution in [2.75, 3.05) is 14.2 Å². The van der Waals surface area contributed by atoms with Crippen LogP contribution in [0.25, 0.3) is 5.76 Å². The van der Waals surface area contributed by atoms with Crippen molar-refractivity contribution < 1.29 is 19.0 Å². The summed E-state index contributed by atoms with van der Waals surface area (Å²) in [5.41, 5.74) is 1.84. The van der Waals surface area contributed by atoms with E-state index < -0.39 is 13.9 Å². The lowest BCUT2D eigenvalue weighted by molar-refractivity contribution is -0.166. The number of benzene rings is 1. The van der Waals surface area contributed by atoms with Gasteiger partial charge in [-0.1, -0.05) is 43.9 Å². The van der Waals surface area contributed by atoms with Crippen molar-refractivity contribution in [3.05, 3.63) is 40.6 Å². The van der Waals surface area contributed by atoms with Crippen LogP contribution in [0.2, 0.25) is 19.6 Å². The van der Waals surface area contributed by atoms with Crippen LogP contribution in [0.15, 0.2) is 29.5 Å². The number of carbonyl (C=O) groups excluding carboxylic acids is 1. The molecule has 0 N–H and O–H groups in total. The zero-order chi connectivity index (χ0) is 15.8. The molecule has 1 heterocycles. The number of rotatable bonds is 3. The molecule has 0 saturated heterocycles. The van der Waals surface area contributed by atoms with Crippen LogP contribution in [-0.2, 0) is 24.8 Å². The van der Waals surface area contributed by atoms with Crippen molar-refractivity contribution >= 4 is 19.8 Å². The largest absolute Gasteiger partial charge is 0.466 e. The molecule has 0 fully saturated rings. The molecule has 1 unspecified atom stereocenters. The van der Waals surface area contributed by atoms with Crippen LogP contribution in [-0.4, -0.2) is 28.3 Å². The molecule has 1 aliphatic rings. The van der Waals surface area contributed by atoms with Gasteiger partial charge in [0.25, 0.3) is 0 Å². The zero-order valence-corrected chi connectivity index (χ0v) is 14.4. The molecule has 0 radical (unpaired) electrons. The van der Waals surface area contributed by atoms with E-state index in [1.807, 2.05) is 31.2 Å². The Kier molecular flexibility index (Phi) is 3.99. The van der Waals surface area contributed by atoms with E-state index in [1.54, 1.807) is 7.11 Å². The number of esters is 1. The molecule has 1 aromatic rings. The van der Waals surface area contributed by atoms with Crippen LogP contribution in [0.5, 0.6) is 0 Å². The molecule has 5 heteroatoms. The van der Waals surface area contributed by atoms with Crippen LogP contribution in [0, 0.1) is 0 Å². The second kappa shape index (κ2) is 5.31. The Bertz CT molecular complexity index is 601. The summed E-state index contributed by atoms with van der Waals surface area (Å²) in [5.74, 6) is -0.592. The average Bonchev–Trinajstić information content (AvgIpc) is 2.72. The van der Waals surface area contributed by atoms with Gasteiger partial charge in [-0.15, -0.1) is 0 Å². The van der Waals surface area contributed by atoms with E-state index in [4.69, 9.17) is 14.2 Å². The SMILES string of the molecule is COC(=O)/C(=C1/OC(C)(OC)c2ccccc21)[Si](C)(C)C. The number of hydrogen-bond donors (Lipinski definition) is 0. The third-order valence-corrected chi connectivity index (χ3v) is 5.65. The number of hydrogen-bond acceptors (Lipinski definition) is 4. The van der Waals surface area contributed by atoms with Gasteiger partial charge in [0.1, 0.15) is 5.76 Å². The lowest BCUT2D eigenvalue weighted by atomic mass is 10.0. The fourth-order valence-electron chi connectivity index (χ4n) is 2.56. The standard InChI is InChI=1S/C16H22O4Si/c1-16(19-3)12-10-8-7-9-11(12)13(20-16)14(15(17)18-2)21(4,5)6/h7-10H,1-6H3/b14-13-. The van der Waals surface area contributed by atoms with Gasteiger partial charge in [-0.25, -0.2) is 4.79 Å². The molecule has 0 bridgehead atoms. The van der Waals surface area contributed by atoms with Gasteiger partial charge in [0, 0.05) is 25.2 Å². The van der Waals surface area contributed by atoms with Crippen LogP contribution in [0.4, 0.5) is 0 Å². The van der Waals surface area contributed by atoms with E-state index in [1.165, 1.54) is 7.11 Å². The predicted molar refractivity (Wildman–Crippen MR) is 84.2 cm³/mol. The van der Waals surface area contributed by atoms with Crippen LogP contribution >= 0.6 is 0 Å². The van der Waals surface area contributed by atoms with Gasteiger partial charge in [-0.05, 0) is 0 Å². The maximum Gasteiger partial charge on any atom is 0.333 e. The Labute approximate surface area is 126 Å². The van der Waals surface area contributed by atoms with Gasteiger partial charge in [-0.2, -0.15) is 0 Å². The first-order valence-electron chi connectivity index (χ1n) is 6.91. The molecule has 0 aromatic heterocycles. The molecule has 0 amide bonds. The molecule has 1 aliphatic heterocycles. The van der Waals surface area contributed by atoms with E-state index in [9.17, 15) is 4.79 Å². The summed E-state index contributed by atoms with van der Waals surface area (Å²) < 4.78 is 16.6. The molecule has 2 rings (SSSR count). The Balaban J connectivity index is 2.74. The van der Waals surface area contributed by atoms with Crippen LogP contribution < -0.4 is 0 Å². The summed E-state index contributed by atoms with van der Waals surface area (Å²) in [7, 11) is 1.05. The molecule has 1 atom stereocenters. The zero-order valence-electron chi connectivity index (χ0n) is 13.4. The lowest BCUT2D eigenvalue weighted by Crippen LogP contribution is -2.32. The van der Waals surface area contributed by atoms with Crippen molar-refractivity contribution in [1.82, 2.24) is 0 Å². The minimum atomic E-state index is -1.95. The topological polar surface area (TPSA) is 44.8 Å². The third kappa shape index (κ3) is 2.63. The Morgan fingerprint density at radius 2 is 1.81 bits per heavy atom. The van der Waals surface area contributed by atoms with Crippen LogP contribution in [0.3, 0.4) is 0 Å². The highest BCUT2D eigenvalue weighted by Crippen LogP contribution is 2.45. The maximum atomic E-state index is 12.3. The minimum Gasteiger partial charge on any atom is -0.466 e. The fourth-order valence-corrected chi connectivity index (χ4v) is 4.14. The molecule has 114 valence electrons.